The molecule has 0 spiro atoms. The van der Waals surface area contributed by atoms with Crippen LogP contribution in [0.4, 0.5) is 0 Å². The molecule has 0 saturated carbocycles. The topological polar surface area (TPSA) is 76.4 Å². The minimum atomic E-state index is 0. The van der Waals surface area contributed by atoms with Gasteiger partial charge in [-0.2, -0.15) is 0 Å². The van der Waals surface area contributed by atoms with Crippen molar-refractivity contribution in [3.8, 4) is 11.6 Å². The fourth-order valence-corrected chi connectivity index (χ4v) is 2.79. The summed E-state index contributed by atoms with van der Waals surface area (Å²) < 4.78 is 7.91. The molecule has 0 amide bonds. The number of hydrogen-bond donors (Lipinski definition) is 2. The maximum atomic E-state index is 6.03. The molecule has 1 atom stereocenters. The summed E-state index contributed by atoms with van der Waals surface area (Å²) in [6.07, 6.45) is 7.14. The van der Waals surface area contributed by atoms with Crippen LogP contribution in [-0.4, -0.2) is 39.7 Å². The summed E-state index contributed by atoms with van der Waals surface area (Å²) in [5.41, 5.74) is 2.21. The Morgan fingerprint density at radius 2 is 2.03 bits per heavy atom. The lowest BCUT2D eigenvalue weighted by Crippen LogP contribution is -2.41. The van der Waals surface area contributed by atoms with Gasteiger partial charge in [0.25, 0.3) is 0 Å². The number of nitrogens with one attached hydrogen (secondary N) is 2. The van der Waals surface area contributed by atoms with Crippen LogP contribution in [0.5, 0.6) is 5.75 Å². The zero-order valence-electron chi connectivity index (χ0n) is 17.6. The number of rotatable bonds is 8. The highest BCUT2D eigenvalue weighted by Gasteiger charge is 2.07. The SMILES string of the molecule is CCNC(=NCc1ccnc(-n2ccnc2)c1)NCC(C)Oc1ccccc1C.I. The first-order valence-corrected chi connectivity index (χ1v) is 9.83. The standard InChI is InChI=1S/C22H28N6O.HI/c1-4-24-22(26-14-18(3)29-20-8-6-5-7-17(20)2)27-15-19-9-10-25-21(13-19)28-12-11-23-16-28;/h5-13,16,18H,4,14-15H2,1-3H3,(H2,24,26,27);1H. The molecule has 30 heavy (non-hydrogen) atoms. The van der Waals surface area contributed by atoms with Gasteiger partial charge in [-0.15, -0.1) is 24.0 Å². The molecule has 3 aromatic rings. The van der Waals surface area contributed by atoms with Crippen LogP contribution in [0.3, 0.4) is 0 Å². The fraction of sp³-hybridized carbons (Fsp3) is 0.318. The fourth-order valence-electron chi connectivity index (χ4n) is 2.79. The maximum Gasteiger partial charge on any atom is 0.191 e. The van der Waals surface area contributed by atoms with E-state index in [1.165, 1.54) is 0 Å². The van der Waals surface area contributed by atoms with Gasteiger partial charge in [-0.3, -0.25) is 4.57 Å². The molecule has 7 nitrogen and oxygen atoms in total. The van der Waals surface area contributed by atoms with Gasteiger partial charge >= 0.3 is 0 Å². The second-order valence-electron chi connectivity index (χ2n) is 6.76. The van der Waals surface area contributed by atoms with Crippen molar-refractivity contribution in [3.05, 3.63) is 72.4 Å². The highest BCUT2D eigenvalue weighted by atomic mass is 127. The average Bonchev–Trinajstić information content (AvgIpc) is 3.27. The first-order chi connectivity index (χ1) is 14.2. The summed E-state index contributed by atoms with van der Waals surface area (Å²) in [4.78, 5) is 13.1. The smallest absolute Gasteiger partial charge is 0.191 e. The van der Waals surface area contributed by atoms with Crippen molar-refractivity contribution in [2.45, 2.75) is 33.4 Å². The number of aliphatic imine (C=N–C) groups is 1. The van der Waals surface area contributed by atoms with E-state index in [-0.39, 0.29) is 30.1 Å². The Labute approximate surface area is 195 Å². The van der Waals surface area contributed by atoms with E-state index in [0.717, 1.165) is 35.2 Å². The third kappa shape index (κ3) is 7.01. The number of halogens is 1. The average molecular weight is 520 g/mol. The van der Waals surface area contributed by atoms with E-state index in [2.05, 4.69) is 25.6 Å². The molecule has 3 rings (SSSR count). The molecule has 1 aromatic carbocycles. The van der Waals surface area contributed by atoms with E-state index in [4.69, 9.17) is 4.74 Å². The van der Waals surface area contributed by atoms with E-state index in [0.29, 0.717) is 13.1 Å². The van der Waals surface area contributed by atoms with Gasteiger partial charge in [0.15, 0.2) is 5.96 Å². The molecule has 1 unspecified atom stereocenters. The molecule has 0 aliphatic heterocycles. The van der Waals surface area contributed by atoms with Crippen molar-refractivity contribution in [2.24, 2.45) is 4.99 Å². The molecular weight excluding hydrogens is 491 g/mol. The summed E-state index contributed by atoms with van der Waals surface area (Å²) in [6.45, 7) is 8.13. The lowest BCUT2D eigenvalue weighted by Gasteiger charge is -2.18. The number of nitrogens with zero attached hydrogens (tertiary/aromatic N) is 4. The first-order valence-electron chi connectivity index (χ1n) is 9.83. The van der Waals surface area contributed by atoms with E-state index < -0.39 is 0 Å². The second-order valence-corrected chi connectivity index (χ2v) is 6.76. The number of imidazole rings is 1. The molecule has 2 N–H and O–H groups in total. The molecule has 0 fully saturated rings. The third-order valence-electron chi connectivity index (χ3n) is 4.32. The van der Waals surface area contributed by atoms with Gasteiger partial charge in [0, 0.05) is 25.1 Å². The largest absolute Gasteiger partial charge is 0.489 e. The zero-order chi connectivity index (χ0) is 20.5. The number of aryl methyl sites for hydroxylation is 1. The predicted molar refractivity (Wildman–Crippen MR) is 131 cm³/mol. The van der Waals surface area contributed by atoms with E-state index in [1.807, 2.05) is 67.9 Å². The normalized spacial score (nSPS) is 12.0. The van der Waals surface area contributed by atoms with Gasteiger partial charge in [0.05, 0.1) is 13.1 Å². The number of para-hydroxylation sites is 1. The van der Waals surface area contributed by atoms with Crippen molar-refractivity contribution in [1.82, 2.24) is 25.2 Å². The van der Waals surface area contributed by atoms with Crippen molar-refractivity contribution in [1.29, 1.82) is 0 Å². The van der Waals surface area contributed by atoms with E-state index in [9.17, 15) is 0 Å². The van der Waals surface area contributed by atoms with Crippen LogP contribution in [0.15, 0.2) is 66.3 Å². The van der Waals surface area contributed by atoms with Gasteiger partial charge in [-0.25, -0.2) is 15.0 Å². The van der Waals surface area contributed by atoms with E-state index in [1.54, 1.807) is 18.7 Å². The van der Waals surface area contributed by atoms with Crippen molar-refractivity contribution >= 4 is 29.9 Å². The van der Waals surface area contributed by atoms with Crippen molar-refractivity contribution < 1.29 is 4.74 Å². The Morgan fingerprint density at radius 1 is 1.20 bits per heavy atom. The highest BCUT2D eigenvalue weighted by Crippen LogP contribution is 2.17. The number of pyridine rings is 1. The van der Waals surface area contributed by atoms with Crippen LogP contribution in [0.25, 0.3) is 5.82 Å². The van der Waals surface area contributed by atoms with Gasteiger partial charge < -0.3 is 15.4 Å². The Bertz CT molecular complexity index is 929. The minimum Gasteiger partial charge on any atom is -0.489 e. The summed E-state index contributed by atoms with van der Waals surface area (Å²) in [6, 6.07) is 12.0. The predicted octanol–water partition coefficient (Wildman–Crippen LogP) is 3.72. The Balaban J connectivity index is 0.00000320. The number of aromatic nitrogens is 3. The number of ether oxygens (including phenoxy) is 1. The Morgan fingerprint density at radius 3 is 2.77 bits per heavy atom. The lowest BCUT2D eigenvalue weighted by molar-refractivity contribution is 0.222. The van der Waals surface area contributed by atoms with Gasteiger partial charge in [0.2, 0.25) is 0 Å². The Kier molecular flexibility index (Phi) is 9.59. The summed E-state index contributed by atoms with van der Waals surface area (Å²) in [5, 5.41) is 6.63. The van der Waals surface area contributed by atoms with Gasteiger partial charge in [-0.05, 0) is 50.1 Å². The first kappa shape index (κ1) is 23.7. The minimum absolute atomic E-state index is 0. The number of benzene rings is 1. The van der Waals surface area contributed by atoms with Crippen molar-refractivity contribution in [3.63, 3.8) is 0 Å². The molecule has 0 saturated heterocycles. The van der Waals surface area contributed by atoms with Gasteiger partial charge in [0.1, 0.15) is 24.0 Å². The summed E-state index contributed by atoms with van der Waals surface area (Å²) >= 11 is 0. The maximum absolute atomic E-state index is 6.03. The second kappa shape index (κ2) is 12.2. The van der Waals surface area contributed by atoms with Crippen molar-refractivity contribution in [2.75, 3.05) is 13.1 Å². The molecule has 2 heterocycles. The molecular formula is C22H29IN6O. The molecule has 0 aliphatic carbocycles. The van der Waals surface area contributed by atoms with E-state index >= 15 is 0 Å². The zero-order valence-corrected chi connectivity index (χ0v) is 19.9. The highest BCUT2D eigenvalue weighted by molar-refractivity contribution is 14.0. The molecule has 2 aromatic heterocycles. The summed E-state index contributed by atoms with van der Waals surface area (Å²) in [5.74, 6) is 2.50. The quantitative estimate of drug-likeness (QED) is 0.269. The van der Waals surface area contributed by atoms with Gasteiger partial charge in [-0.1, -0.05) is 18.2 Å². The van der Waals surface area contributed by atoms with Crippen LogP contribution >= 0.6 is 24.0 Å². The summed E-state index contributed by atoms with van der Waals surface area (Å²) in [7, 11) is 0. The monoisotopic (exact) mass is 520 g/mol. The van der Waals surface area contributed by atoms with Crippen LogP contribution in [0.1, 0.15) is 25.0 Å². The molecule has 8 heteroatoms. The number of guanidine groups is 1. The number of hydrogen-bond acceptors (Lipinski definition) is 4. The van der Waals surface area contributed by atoms with Crippen LogP contribution in [-0.2, 0) is 6.54 Å². The van der Waals surface area contributed by atoms with Crippen LogP contribution in [0.2, 0.25) is 0 Å². The molecule has 160 valence electrons. The molecule has 0 aliphatic rings. The van der Waals surface area contributed by atoms with Crippen LogP contribution < -0.4 is 15.4 Å². The Hall–Kier alpha value is -2.62. The lowest BCUT2D eigenvalue weighted by atomic mass is 10.2. The molecule has 0 radical (unpaired) electrons. The third-order valence-corrected chi connectivity index (χ3v) is 4.32. The van der Waals surface area contributed by atoms with Crippen LogP contribution in [0, 0.1) is 6.92 Å². The molecule has 0 bridgehead atoms.